The lowest BCUT2D eigenvalue weighted by Gasteiger charge is -2.34. The maximum absolute atomic E-state index is 13.1. The molecule has 0 bridgehead atoms. The van der Waals surface area contributed by atoms with E-state index in [9.17, 15) is 18.0 Å². The number of carbonyl (C=O) groups excluding carboxylic acids is 2. The van der Waals surface area contributed by atoms with Crippen LogP contribution in [0.25, 0.3) is 0 Å². The highest BCUT2D eigenvalue weighted by molar-refractivity contribution is 7.89. The number of rotatable bonds is 6. The predicted octanol–water partition coefficient (Wildman–Crippen LogP) is 3.85. The zero-order chi connectivity index (χ0) is 24.5. The second-order valence-electron chi connectivity index (χ2n) is 8.69. The highest BCUT2D eigenvalue weighted by Gasteiger charge is 2.32. The summed E-state index contributed by atoms with van der Waals surface area (Å²) in [5.74, 6) is -0.825. The van der Waals surface area contributed by atoms with Crippen LogP contribution in [0.5, 0.6) is 0 Å². The molecule has 184 valence electrons. The van der Waals surface area contributed by atoms with Gasteiger partial charge in [0.2, 0.25) is 10.0 Å². The van der Waals surface area contributed by atoms with Gasteiger partial charge in [0.05, 0.1) is 29.3 Å². The number of anilines is 1. The quantitative estimate of drug-likeness (QED) is 0.597. The van der Waals surface area contributed by atoms with Crippen molar-refractivity contribution in [2.45, 2.75) is 63.6 Å². The number of ether oxygens (including phenoxy) is 2. The molecular formula is C24H30N2O6S2. The lowest BCUT2D eigenvalue weighted by Crippen LogP contribution is -2.48. The Kier molecular flexibility index (Phi) is 7.42. The summed E-state index contributed by atoms with van der Waals surface area (Å²) in [6, 6.07) is 5.88. The fourth-order valence-electron chi connectivity index (χ4n) is 4.50. The minimum atomic E-state index is -3.69. The Hall–Kier alpha value is -2.27. The number of hydrogen-bond donors (Lipinski definition) is 1. The van der Waals surface area contributed by atoms with Crippen LogP contribution in [0.2, 0.25) is 0 Å². The number of thiophene rings is 1. The van der Waals surface area contributed by atoms with Crippen molar-refractivity contribution in [1.82, 2.24) is 4.31 Å². The molecular weight excluding hydrogens is 476 g/mol. The van der Waals surface area contributed by atoms with Crippen molar-refractivity contribution in [3.63, 3.8) is 0 Å². The van der Waals surface area contributed by atoms with Crippen LogP contribution < -0.4 is 5.32 Å². The number of fused-ring (bicyclic) bond motifs is 1. The van der Waals surface area contributed by atoms with Crippen molar-refractivity contribution in [3.05, 3.63) is 45.8 Å². The van der Waals surface area contributed by atoms with Crippen LogP contribution in [0, 0.1) is 0 Å². The van der Waals surface area contributed by atoms with Gasteiger partial charge in [-0.3, -0.25) is 4.79 Å². The molecule has 2 atom stereocenters. The molecule has 0 radical (unpaired) electrons. The van der Waals surface area contributed by atoms with E-state index in [1.54, 1.807) is 6.92 Å². The molecule has 1 aromatic carbocycles. The first kappa shape index (κ1) is 24.8. The minimum Gasteiger partial charge on any atom is -0.462 e. The van der Waals surface area contributed by atoms with E-state index in [1.165, 1.54) is 39.9 Å². The van der Waals surface area contributed by atoms with Gasteiger partial charge in [0.1, 0.15) is 5.00 Å². The highest BCUT2D eigenvalue weighted by atomic mass is 32.2. The highest BCUT2D eigenvalue weighted by Crippen LogP contribution is 2.39. The number of nitrogens with zero attached hydrogens (tertiary/aromatic N) is 1. The summed E-state index contributed by atoms with van der Waals surface area (Å²) < 4.78 is 38.4. The summed E-state index contributed by atoms with van der Waals surface area (Å²) in [6.07, 6.45) is 3.36. The Morgan fingerprint density at radius 3 is 2.41 bits per heavy atom. The second kappa shape index (κ2) is 10.2. The van der Waals surface area contributed by atoms with Crippen molar-refractivity contribution >= 4 is 38.2 Å². The van der Waals surface area contributed by atoms with Gasteiger partial charge in [0.25, 0.3) is 5.91 Å². The number of carbonyl (C=O) groups is 2. The van der Waals surface area contributed by atoms with Gasteiger partial charge in [-0.1, -0.05) is 0 Å². The molecule has 0 saturated carbocycles. The Labute approximate surface area is 204 Å². The van der Waals surface area contributed by atoms with Crippen molar-refractivity contribution < 1.29 is 27.5 Å². The topological polar surface area (TPSA) is 102 Å². The molecule has 34 heavy (non-hydrogen) atoms. The van der Waals surface area contributed by atoms with Gasteiger partial charge in [0, 0.05) is 23.5 Å². The molecule has 1 aliphatic carbocycles. The van der Waals surface area contributed by atoms with Crippen LogP contribution in [0.3, 0.4) is 0 Å². The molecule has 1 aliphatic heterocycles. The van der Waals surface area contributed by atoms with Gasteiger partial charge < -0.3 is 14.8 Å². The molecule has 10 heteroatoms. The zero-order valence-corrected chi connectivity index (χ0v) is 21.3. The normalized spacial score (nSPS) is 21.0. The fourth-order valence-corrected chi connectivity index (χ4v) is 7.37. The summed E-state index contributed by atoms with van der Waals surface area (Å²) in [6.45, 7) is 6.27. The van der Waals surface area contributed by atoms with E-state index in [-0.39, 0.29) is 36.8 Å². The predicted molar refractivity (Wildman–Crippen MR) is 130 cm³/mol. The van der Waals surface area contributed by atoms with Gasteiger partial charge in [-0.15, -0.1) is 11.3 Å². The molecule has 2 aromatic rings. The Balaban J connectivity index is 1.54. The van der Waals surface area contributed by atoms with Gasteiger partial charge in [0.15, 0.2) is 0 Å². The van der Waals surface area contributed by atoms with Gasteiger partial charge in [-0.25, -0.2) is 13.2 Å². The monoisotopic (exact) mass is 506 g/mol. The van der Waals surface area contributed by atoms with E-state index in [0.717, 1.165) is 36.1 Å². The number of morpholine rings is 1. The number of aryl methyl sites for hydroxylation is 1. The summed E-state index contributed by atoms with van der Waals surface area (Å²) in [5, 5.41) is 3.35. The number of esters is 1. The third-order valence-corrected chi connectivity index (χ3v) is 9.07. The molecule has 2 aliphatic rings. The smallest absolute Gasteiger partial charge is 0.341 e. The Bertz CT molecular complexity index is 1160. The summed E-state index contributed by atoms with van der Waals surface area (Å²) in [7, 11) is -3.69. The zero-order valence-electron chi connectivity index (χ0n) is 19.6. The molecule has 1 amide bonds. The first-order valence-electron chi connectivity index (χ1n) is 11.6. The van der Waals surface area contributed by atoms with Crippen molar-refractivity contribution in [3.8, 4) is 0 Å². The first-order chi connectivity index (χ1) is 16.2. The van der Waals surface area contributed by atoms with Crippen LogP contribution in [0.15, 0.2) is 29.2 Å². The number of benzene rings is 1. The van der Waals surface area contributed by atoms with Crippen molar-refractivity contribution in [1.29, 1.82) is 0 Å². The Morgan fingerprint density at radius 1 is 1.12 bits per heavy atom. The molecule has 1 saturated heterocycles. The minimum absolute atomic E-state index is 0.129. The maximum Gasteiger partial charge on any atom is 0.341 e. The van der Waals surface area contributed by atoms with E-state index in [0.29, 0.717) is 16.1 Å². The van der Waals surface area contributed by atoms with Crippen molar-refractivity contribution in [2.75, 3.05) is 25.0 Å². The molecule has 8 nitrogen and oxygen atoms in total. The van der Waals surface area contributed by atoms with Crippen LogP contribution in [0.4, 0.5) is 5.00 Å². The molecule has 1 aromatic heterocycles. The van der Waals surface area contributed by atoms with E-state index in [4.69, 9.17) is 9.47 Å². The number of nitrogens with one attached hydrogen (secondary N) is 1. The van der Waals surface area contributed by atoms with E-state index >= 15 is 0 Å². The van der Waals surface area contributed by atoms with Gasteiger partial charge in [-0.05, 0) is 76.3 Å². The first-order valence-corrected chi connectivity index (χ1v) is 13.8. The number of sulfonamides is 1. The van der Waals surface area contributed by atoms with Crippen LogP contribution in [0.1, 0.15) is 64.8 Å². The molecule has 1 fully saturated rings. The average Bonchev–Trinajstić information content (AvgIpc) is 3.16. The third kappa shape index (κ3) is 5.05. The standard InChI is InChI=1S/C24H30N2O6S2/c1-4-31-24(28)21-19-7-5-6-8-20(19)33-23(21)25-22(27)17-9-11-18(12-10-17)34(29,30)26-13-15(2)32-16(3)14-26/h9-12,15-16H,4-8,13-14H2,1-3H3,(H,25,27)/t15-,16-/m0/s1. The average molecular weight is 507 g/mol. The fraction of sp³-hybridized carbons (Fsp3) is 0.500. The van der Waals surface area contributed by atoms with Crippen LogP contribution in [-0.4, -0.2) is 56.5 Å². The van der Waals surface area contributed by atoms with Crippen LogP contribution in [-0.2, 0) is 32.3 Å². The van der Waals surface area contributed by atoms with Gasteiger partial charge in [-0.2, -0.15) is 4.31 Å². The summed E-state index contributed by atoms with van der Waals surface area (Å²) in [4.78, 5) is 26.8. The van der Waals surface area contributed by atoms with E-state index in [1.807, 2.05) is 13.8 Å². The van der Waals surface area contributed by atoms with E-state index < -0.39 is 21.9 Å². The van der Waals surface area contributed by atoms with E-state index in [2.05, 4.69) is 5.32 Å². The van der Waals surface area contributed by atoms with Crippen molar-refractivity contribution in [2.24, 2.45) is 0 Å². The molecule has 0 unspecified atom stereocenters. The Morgan fingerprint density at radius 2 is 1.76 bits per heavy atom. The van der Waals surface area contributed by atoms with Crippen LogP contribution >= 0.6 is 11.3 Å². The second-order valence-corrected chi connectivity index (χ2v) is 11.7. The number of hydrogen-bond acceptors (Lipinski definition) is 7. The molecule has 0 spiro atoms. The maximum atomic E-state index is 13.1. The number of amides is 1. The largest absolute Gasteiger partial charge is 0.462 e. The summed E-state index contributed by atoms with van der Waals surface area (Å²) >= 11 is 1.42. The third-order valence-electron chi connectivity index (χ3n) is 6.02. The lowest BCUT2D eigenvalue weighted by atomic mass is 9.95. The molecule has 2 heterocycles. The lowest BCUT2D eigenvalue weighted by molar-refractivity contribution is -0.0440. The SMILES string of the molecule is CCOC(=O)c1c(NC(=O)c2ccc(S(=O)(=O)N3C[C@H](C)O[C@@H](C)C3)cc2)sc2c1CCCC2. The van der Waals surface area contributed by atoms with Gasteiger partial charge >= 0.3 is 5.97 Å². The molecule has 4 rings (SSSR count). The summed E-state index contributed by atoms with van der Waals surface area (Å²) in [5.41, 5.74) is 1.73. The molecule has 1 N–H and O–H groups in total.